The Kier molecular flexibility index (Phi) is 6.30. The number of ether oxygens (including phenoxy) is 2. The molecule has 0 amide bonds. The Balaban J connectivity index is 1.78. The molecule has 0 atom stereocenters. The molecule has 4 rings (SSSR count). The number of thiazole rings is 1. The minimum absolute atomic E-state index is 0.0484. The molecule has 0 aliphatic heterocycles. The normalized spacial score (nSPS) is 11.4. The molecule has 35 heavy (non-hydrogen) atoms. The van der Waals surface area contributed by atoms with Gasteiger partial charge in [0.25, 0.3) is 0 Å². The van der Waals surface area contributed by atoms with E-state index in [0.717, 1.165) is 23.5 Å². The highest BCUT2D eigenvalue weighted by Gasteiger charge is 2.31. The fraction of sp³-hybridized carbons (Fsp3) is 0.182. The number of rotatable bonds is 6. The smallest absolute Gasteiger partial charge is 0.504 e. The molecule has 1 N–H and O–H groups in total. The molecule has 2 aromatic heterocycles. The number of benzene rings is 2. The van der Waals surface area contributed by atoms with E-state index in [-0.39, 0.29) is 46.7 Å². The van der Waals surface area contributed by atoms with Gasteiger partial charge in [0.15, 0.2) is 23.0 Å². The molecule has 0 aliphatic rings. The molecular formula is C22H13F4N5O3S. The highest BCUT2D eigenvalue weighted by molar-refractivity contribution is 7.21. The van der Waals surface area contributed by atoms with E-state index in [2.05, 4.69) is 14.7 Å². The molecule has 0 aliphatic carbocycles. The largest absolute Gasteiger partial charge is 0.573 e. The maximum Gasteiger partial charge on any atom is 0.573 e. The Labute approximate surface area is 198 Å². The summed E-state index contributed by atoms with van der Waals surface area (Å²) in [4.78, 5) is 8.29. The van der Waals surface area contributed by atoms with E-state index >= 15 is 4.39 Å². The van der Waals surface area contributed by atoms with Crippen LogP contribution in [0.25, 0.3) is 32.2 Å². The van der Waals surface area contributed by atoms with Crippen molar-refractivity contribution in [1.29, 1.82) is 10.5 Å². The number of hydrogen-bond acceptors (Lipinski definition) is 8. The van der Waals surface area contributed by atoms with Crippen molar-refractivity contribution >= 4 is 21.6 Å². The monoisotopic (exact) mass is 503 g/mol. The first kappa shape index (κ1) is 23.9. The van der Waals surface area contributed by atoms with Crippen LogP contribution in [-0.4, -0.2) is 32.6 Å². The summed E-state index contributed by atoms with van der Waals surface area (Å²) in [5.74, 6) is -2.36. The van der Waals surface area contributed by atoms with Gasteiger partial charge in [0.1, 0.15) is 35.5 Å². The van der Waals surface area contributed by atoms with Gasteiger partial charge < -0.3 is 14.6 Å². The number of imidazole rings is 1. The van der Waals surface area contributed by atoms with Crippen LogP contribution in [0, 0.1) is 28.5 Å². The van der Waals surface area contributed by atoms with Crippen molar-refractivity contribution in [3.8, 4) is 45.6 Å². The molecule has 8 nitrogen and oxygen atoms in total. The maximum absolute atomic E-state index is 15.3. The van der Waals surface area contributed by atoms with Crippen LogP contribution < -0.4 is 4.74 Å². The summed E-state index contributed by atoms with van der Waals surface area (Å²) in [5.41, 5.74) is -0.204. The summed E-state index contributed by atoms with van der Waals surface area (Å²) in [6, 6.07) is 9.82. The first-order valence-electron chi connectivity index (χ1n) is 9.83. The van der Waals surface area contributed by atoms with Crippen LogP contribution >= 0.6 is 11.3 Å². The van der Waals surface area contributed by atoms with Gasteiger partial charge >= 0.3 is 6.36 Å². The lowest BCUT2D eigenvalue weighted by atomic mass is 10.1. The lowest BCUT2D eigenvalue weighted by molar-refractivity contribution is -0.274. The highest BCUT2D eigenvalue weighted by atomic mass is 32.1. The van der Waals surface area contributed by atoms with E-state index in [4.69, 9.17) is 4.74 Å². The third kappa shape index (κ3) is 4.59. The summed E-state index contributed by atoms with van der Waals surface area (Å²) in [6.07, 6.45) is -4.86. The van der Waals surface area contributed by atoms with Crippen molar-refractivity contribution in [2.75, 3.05) is 6.61 Å². The van der Waals surface area contributed by atoms with Gasteiger partial charge in [-0.15, -0.1) is 24.5 Å². The first-order chi connectivity index (χ1) is 16.7. The predicted octanol–water partition coefficient (Wildman–Crippen LogP) is 5.31. The molecule has 0 saturated heterocycles. The van der Waals surface area contributed by atoms with Gasteiger partial charge in [-0.05, 0) is 37.3 Å². The third-order valence-electron chi connectivity index (χ3n) is 4.78. The van der Waals surface area contributed by atoms with Gasteiger partial charge in [-0.1, -0.05) is 0 Å². The maximum atomic E-state index is 15.3. The zero-order valence-corrected chi connectivity index (χ0v) is 18.5. The number of aromatic hydroxyl groups is 1. The molecule has 0 spiro atoms. The Morgan fingerprint density at radius 1 is 1.11 bits per heavy atom. The number of phenolic OH excluding ortho intramolecular Hbond substituents is 1. The van der Waals surface area contributed by atoms with E-state index < -0.39 is 23.7 Å². The molecule has 0 saturated carbocycles. The average molecular weight is 503 g/mol. The zero-order valence-electron chi connectivity index (χ0n) is 17.7. The molecule has 13 heteroatoms. The van der Waals surface area contributed by atoms with Gasteiger partial charge in [-0.25, -0.2) is 14.4 Å². The van der Waals surface area contributed by atoms with E-state index in [1.54, 1.807) is 13.0 Å². The van der Waals surface area contributed by atoms with Crippen LogP contribution in [0.15, 0.2) is 30.3 Å². The van der Waals surface area contributed by atoms with Crippen molar-refractivity contribution in [2.45, 2.75) is 20.0 Å². The standard InChI is InChI=1S/C22H13F4N5O3S/c1-2-33-10-31-16(9-28)15(8-27)29-20(31)13-5-4-12(18(23)19(13)32)21-30-14-6-3-11(7-17(14)35-21)34-22(24,25)26/h3-7,32H,2,10H2,1H3. The van der Waals surface area contributed by atoms with Gasteiger partial charge in [-0.2, -0.15) is 10.5 Å². The second-order valence-electron chi connectivity index (χ2n) is 6.93. The summed E-state index contributed by atoms with van der Waals surface area (Å²) in [6.45, 7) is 1.85. The van der Waals surface area contributed by atoms with Crippen molar-refractivity contribution in [3.63, 3.8) is 0 Å². The summed E-state index contributed by atoms with van der Waals surface area (Å²) in [5, 5.41) is 29.5. The number of halogens is 4. The summed E-state index contributed by atoms with van der Waals surface area (Å²) in [7, 11) is 0. The first-order valence-corrected chi connectivity index (χ1v) is 10.7. The zero-order chi connectivity index (χ0) is 25.3. The molecule has 0 fully saturated rings. The van der Waals surface area contributed by atoms with Gasteiger partial charge in [0, 0.05) is 6.61 Å². The second-order valence-corrected chi connectivity index (χ2v) is 7.96. The van der Waals surface area contributed by atoms with Crippen LogP contribution in [0.2, 0.25) is 0 Å². The summed E-state index contributed by atoms with van der Waals surface area (Å²) < 4.78 is 63.5. The number of aromatic nitrogens is 3. The lowest BCUT2D eigenvalue weighted by Crippen LogP contribution is -2.16. The number of nitriles is 2. The molecule has 2 aromatic carbocycles. The van der Waals surface area contributed by atoms with Crippen molar-refractivity contribution in [1.82, 2.24) is 14.5 Å². The number of nitrogens with zero attached hydrogens (tertiary/aromatic N) is 5. The Morgan fingerprint density at radius 2 is 1.86 bits per heavy atom. The molecule has 0 unspecified atom stereocenters. The average Bonchev–Trinajstić information content (AvgIpc) is 3.38. The van der Waals surface area contributed by atoms with E-state index in [1.165, 1.54) is 22.8 Å². The van der Waals surface area contributed by atoms with Crippen LogP contribution in [0.5, 0.6) is 11.5 Å². The van der Waals surface area contributed by atoms with Gasteiger partial charge in [0.05, 0.1) is 21.3 Å². The molecule has 4 aromatic rings. The fourth-order valence-corrected chi connectivity index (χ4v) is 4.30. The molecular weight excluding hydrogens is 490 g/mol. The van der Waals surface area contributed by atoms with E-state index in [1.807, 2.05) is 6.07 Å². The highest BCUT2D eigenvalue weighted by Crippen LogP contribution is 2.40. The van der Waals surface area contributed by atoms with E-state index in [9.17, 15) is 28.8 Å². The van der Waals surface area contributed by atoms with Crippen molar-refractivity contribution < 1.29 is 32.1 Å². The number of fused-ring (bicyclic) bond motifs is 1. The molecule has 2 heterocycles. The minimum atomic E-state index is -4.86. The third-order valence-corrected chi connectivity index (χ3v) is 5.84. The topological polar surface area (TPSA) is 117 Å². The second kappa shape index (κ2) is 9.21. The minimum Gasteiger partial charge on any atom is -0.504 e. The Bertz CT molecular complexity index is 1510. The van der Waals surface area contributed by atoms with Crippen molar-refractivity contribution in [3.05, 3.63) is 47.5 Å². The molecule has 178 valence electrons. The van der Waals surface area contributed by atoms with Crippen LogP contribution in [-0.2, 0) is 11.5 Å². The molecule has 0 bridgehead atoms. The number of phenols is 1. The summed E-state index contributed by atoms with van der Waals surface area (Å²) >= 11 is 0.907. The lowest BCUT2D eigenvalue weighted by Gasteiger charge is -2.11. The van der Waals surface area contributed by atoms with Gasteiger partial charge in [-0.3, -0.25) is 4.57 Å². The SMILES string of the molecule is CCOCn1c(-c2ccc(-c3nc4ccc(OC(F)(F)F)cc4s3)c(F)c2O)nc(C#N)c1C#N. The predicted molar refractivity (Wildman–Crippen MR) is 116 cm³/mol. The van der Waals surface area contributed by atoms with Crippen LogP contribution in [0.4, 0.5) is 17.6 Å². The van der Waals surface area contributed by atoms with E-state index in [0.29, 0.717) is 10.2 Å². The van der Waals surface area contributed by atoms with Gasteiger partial charge in [0.2, 0.25) is 0 Å². The fourth-order valence-electron chi connectivity index (χ4n) is 3.29. The van der Waals surface area contributed by atoms with Crippen LogP contribution in [0.3, 0.4) is 0 Å². The van der Waals surface area contributed by atoms with Crippen molar-refractivity contribution in [2.24, 2.45) is 0 Å². The quantitative estimate of drug-likeness (QED) is 0.355. The number of alkyl halides is 3. The van der Waals surface area contributed by atoms with Crippen LogP contribution in [0.1, 0.15) is 18.3 Å². The Morgan fingerprint density at radius 3 is 2.51 bits per heavy atom. The Hall–Kier alpha value is -4.20. The number of hydrogen-bond donors (Lipinski definition) is 1. The molecule has 0 radical (unpaired) electrons.